The maximum absolute atomic E-state index is 8.81. The van der Waals surface area contributed by atoms with E-state index in [0.29, 0.717) is 23.6 Å². The molecule has 2 heterocycles. The third kappa shape index (κ3) is 2.12. The molecule has 0 atom stereocenters. The van der Waals surface area contributed by atoms with Gasteiger partial charge in [-0.2, -0.15) is 5.26 Å². The Kier molecular flexibility index (Phi) is 3.03. The second kappa shape index (κ2) is 4.64. The highest BCUT2D eigenvalue weighted by Crippen LogP contribution is 2.20. The zero-order valence-corrected chi connectivity index (χ0v) is 9.29. The number of thiophene rings is 1. The molecule has 0 bridgehead atoms. The molecule has 0 aromatic carbocycles. The normalized spacial score (nSPS) is 9.69. The van der Waals surface area contributed by atoms with Gasteiger partial charge >= 0.3 is 0 Å². The Labute approximate surface area is 97.4 Å². The van der Waals surface area contributed by atoms with Gasteiger partial charge in [0.05, 0.1) is 17.8 Å². The maximum Gasteiger partial charge on any atom is 0.150 e. The second-order valence-electron chi connectivity index (χ2n) is 3.17. The Morgan fingerprint density at radius 1 is 1.50 bits per heavy atom. The number of hydrogen-bond acceptors (Lipinski definition) is 5. The molecule has 2 aromatic rings. The smallest absolute Gasteiger partial charge is 0.150 e. The van der Waals surface area contributed by atoms with E-state index in [1.165, 1.54) is 4.88 Å². The standard InChI is InChI=1S/C11H10N4S/c12-6-8-3-4-14-11(10(8)13)15-7-9-2-1-5-16-9/h1-5H,7,13H2,(H,14,15). The van der Waals surface area contributed by atoms with Gasteiger partial charge in [-0.3, -0.25) is 0 Å². The fourth-order valence-electron chi connectivity index (χ4n) is 1.30. The van der Waals surface area contributed by atoms with Crippen LogP contribution in [0.1, 0.15) is 10.4 Å². The SMILES string of the molecule is N#Cc1ccnc(NCc2cccs2)c1N. The predicted octanol–water partition coefficient (Wildman–Crippen LogP) is 2.21. The molecule has 3 N–H and O–H groups in total. The molecule has 0 amide bonds. The summed E-state index contributed by atoms with van der Waals surface area (Å²) in [4.78, 5) is 5.30. The second-order valence-corrected chi connectivity index (χ2v) is 4.20. The third-order valence-corrected chi connectivity index (χ3v) is 3.00. The van der Waals surface area contributed by atoms with Crippen LogP contribution in [0.15, 0.2) is 29.8 Å². The van der Waals surface area contributed by atoms with Crippen LogP contribution in [-0.4, -0.2) is 4.98 Å². The summed E-state index contributed by atoms with van der Waals surface area (Å²) >= 11 is 1.66. The topological polar surface area (TPSA) is 74.7 Å². The van der Waals surface area contributed by atoms with Crippen molar-refractivity contribution in [1.82, 2.24) is 4.98 Å². The van der Waals surface area contributed by atoms with Crippen LogP contribution in [0, 0.1) is 11.3 Å². The van der Waals surface area contributed by atoms with E-state index in [-0.39, 0.29) is 0 Å². The molecule has 2 aromatic heterocycles. The largest absolute Gasteiger partial charge is 0.395 e. The molecule has 80 valence electrons. The molecule has 0 fully saturated rings. The predicted molar refractivity (Wildman–Crippen MR) is 65.0 cm³/mol. The molecule has 0 saturated heterocycles. The molecule has 0 unspecified atom stereocenters. The first-order valence-electron chi connectivity index (χ1n) is 4.72. The Balaban J connectivity index is 2.13. The van der Waals surface area contributed by atoms with Gasteiger partial charge in [-0.05, 0) is 17.5 Å². The minimum atomic E-state index is 0.404. The van der Waals surface area contributed by atoms with Gasteiger partial charge < -0.3 is 11.1 Å². The molecular formula is C11H10N4S. The lowest BCUT2D eigenvalue weighted by atomic mass is 10.2. The van der Waals surface area contributed by atoms with Crippen LogP contribution in [0.3, 0.4) is 0 Å². The number of pyridine rings is 1. The zero-order valence-electron chi connectivity index (χ0n) is 8.47. The van der Waals surface area contributed by atoms with E-state index < -0.39 is 0 Å². The highest BCUT2D eigenvalue weighted by molar-refractivity contribution is 7.09. The summed E-state index contributed by atoms with van der Waals surface area (Å²) in [6, 6.07) is 7.65. The van der Waals surface area contributed by atoms with Gasteiger partial charge in [-0.25, -0.2) is 4.98 Å². The number of nitriles is 1. The van der Waals surface area contributed by atoms with Crippen molar-refractivity contribution in [2.24, 2.45) is 0 Å². The van der Waals surface area contributed by atoms with Gasteiger partial charge in [0.15, 0.2) is 5.82 Å². The Bertz CT molecular complexity index is 513. The Morgan fingerprint density at radius 3 is 3.06 bits per heavy atom. The van der Waals surface area contributed by atoms with E-state index in [0.717, 1.165) is 0 Å². The summed E-state index contributed by atoms with van der Waals surface area (Å²) in [7, 11) is 0. The average Bonchev–Trinajstić information content (AvgIpc) is 2.81. The van der Waals surface area contributed by atoms with Crippen molar-refractivity contribution in [3.05, 3.63) is 40.2 Å². The number of anilines is 2. The van der Waals surface area contributed by atoms with E-state index in [9.17, 15) is 0 Å². The first kappa shape index (κ1) is 10.5. The highest BCUT2D eigenvalue weighted by atomic mass is 32.1. The molecule has 0 radical (unpaired) electrons. The van der Waals surface area contributed by atoms with Crippen molar-refractivity contribution in [2.45, 2.75) is 6.54 Å². The molecule has 0 spiro atoms. The molecule has 5 heteroatoms. The number of hydrogen-bond donors (Lipinski definition) is 2. The summed E-state index contributed by atoms with van der Waals surface area (Å²) < 4.78 is 0. The van der Waals surface area contributed by atoms with Crippen molar-refractivity contribution >= 4 is 22.8 Å². The van der Waals surface area contributed by atoms with E-state index in [2.05, 4.69) is 10.3 Å². The van der Waals surface area contributed by atoms with E-state index >= 15 is 0 Å². The van der Waals surface area contributed by atoms with Gasteiger partial charge in [0.2, 0.25) is 0 Å². The molecule has 0 aliphatic carbocycles. The van der Waals surface area contributed by atoms with Gasteiger partial charge in [-0.15, -0.1) is 11.3 Å². The van der Waals surface area contributed by atoms with Gasteiger partial charge in [0, 0.05) is 11.1 Å². The fraction of sp³-hybridized carbons (Fsp3) is 0.0909. The van der Waals surface area contributed by atoms with Crippen LogP contribution < -0.4 is 11.1 Å². The average molecular weight is 230 g/mol. The monoisotopic (exact) mass is 230 g/mol. The van der Waals surface area contributed by atoms with Crippen LogP contribution in [0.2, 0.25) is 0 Å². The first-order chi connectivity index (χ1) is 7.81. The first-order valence-corrected chi connectivity index (χ1v) is 5.60. The van der Waals surface area contributed by atoms with E-state index in [4.69, 9.17) is 11.0 Å². The number of nitrogens with one attached hydrogen (secondary N) is 1. The number of nitrogens with zero attached hydrogens (tertiary/aromatic N) is 2. The Morgan fingerprint density at radius 2 is 2.38 bits per heavy atom. The fourth-order valence-corrected chi connectivity index (χ4v) is 1.94. The van der Waals surface area contributed by atoms with Crippen LogP contribution in [-0.2, 0) is 6.54 Å². The summed E-state index contributed by atoms with van der Waals surface area (Å²) in [5, 5.41) is 13.9. The van der Waals surface area contributed by atoms with Gasteiger partial charge in [-0.1, -0.05) is 6.07 Å². The van der Waals surface area contributed by atoms with E-state index in [1.54, 1.807) is 23.6 Å². The Hall–Kier alpha value is -2.06. The summed E-state index contributed by atoms with van der Waals surface area (Å²) in [5.74, 6) is 0.562. The third-order valence-electron chi connectivity index (χ3n) is 2.12. The van der Waals surface area contributed by atoms with Gasteiger partial charge in [0.25, 0.3) is 0 Å². The van der Waals surface area contributed by atoms with Crippen molar-refractivity contribution in [3.8, 4) is 6.07 Å². The minimum absolute atomic E-state index is 0.404. The molecule has 4 nitrogen and oxygen atoms in total. The quantitative estimate of drug-likeness (QED) is 0.847. The summed E-state index contributed by atoms with van der Waals surface area (Å²) in [6.07, 6.45) is 1.58. The molecule has 16 heavy (non-hydrogen) atoms. The van der Waals surface area contributed by atoms with Gasteiger partial charge in [0.1, 0.15) is 6.07 Å². The van der Waals surface area contributed by atoms with Crippen molar-refractivity contribution in [2.75, 3.05) is 11.1 Å². The lowest BCUT2D eigenvalue weighted by molar-refractivity contribution is 1.14. The molecule has 0 aliphatic rings. The number of nitrogen functional groups attached to an aromatic ring is 1. The van der Waals surface area contributed by atoms with Crippen LogP contribution >= 0.6 is 11.3 Å². The highest BCUT2D eigenvalue weighted by Gasteiger charge is 2.05. The molecule has 0 aliphatic heterocycles. The van der Waals surface area contributed by atoms with E-state index in [1.807, 2.05) is 23.6 Å². The zero-order chi connectivity index (χ0) is 11.4. The van der Waals surface area contributed by atoms with Crippen molar-refractivity contribution in [1.29, 1.82) is 5.26 Å². The molecule has 2 rings (SSSR count). The number of rotatable bonds is 3. The minimum Gasteiger partial charge on any atom is -0.395 e. The lowest BCUT2D eigenvalue weighted by Crippen LogP contribution is -2.04. The summed E-state index contributed by atoms with van der Waals surface area (Å²) in [6.45, 7) is 0.670. The molecule has 0 saturated carbocycles. The van der Waals surface area contributed by atoms with Crippen LogP contribution in [0.4, 0.5) is 11.5 Å². The number of nitrogens with two attached hydrogens (primary N) is 1. The maximum atomic E-state index is 8.81. The molecular weight excluding hydrogens is 220 g/mol. The van der Waals surface area contributed by atoms with Crippen LogP contribution in [0.5, 0.6) is 0 Å². The lowest BCUT2D eigenvalue weighted by Gasteiger charge is -2.07. The van der Waals surface area contributed by atoms with Crippen molar-refractivity contribution < 1.29 is 0 Å². The van der Waals surface area contributed by atoms with Crippen molar-refractivity contribution in [3.63, 3.8) is 0 Å². The summed E-state index contributed by atoms with van der Waals surface area (Å²) in [5.41, 5.74) is 6.64. The number of aromatic nitrogens is 1. The van der Waals surface area contributed by atoms with Crippen LogP contribution in [0.25, 0.3) is 0 Å².